The van der Waals surface area contributed by atoms with E-state index in [1.54, 1.807) is 31.4 Å². The quantitative estimate of drug-likeness (QED) is 0.788. The highest BCUT2D eigenvalue weighted by Gasteiger charge is 2.15. The molecule has 1 aliphatic rings. The van der Waals surface area contributed by atoms with Crippen molar-refractivity contribution < 1.29 is 17.9 Å². The molecule has 134 valence electrons. The smallest absolute Gasteiger partial charge is 0.175 e. The Morgan fingerprint density at radius 2 is 1.64 bits per heavy atom. The summed E-state index contributed by atoms with van der Waals surface area (Å²) in [6, 6.07) is 12.2. The second kappa shape index (κ2) is 7.45. The fraction of sp³-hybridized carbons (Fsp3) is 0.368. The molecule has 6 heteroatoms. The molecule has 0 N–H and O–H groups in total. The highest BCUT2D eigenvalue weighted by Crippen LogP contribution is 2.30. The van der Waals surface area contributed by atoms with Crippen molar-refractivity contribution in [1.29, 1.82) is 0 Å². The Hall–Kier alpha value is -2.05. The molecule has 0 aliphatic carbocycles. The van der Waals surface area contributed by atoms with Crippen LogP contribution < -0.4 is 9.47 Å². The zero-order chi connectivity index (χ0) is 17.9. The minimum atomic E-state index is -3.20. The number of ether oxygens (including phenoxy) is 2. The van der Waals surface area contributed by atoms with Crippen LogP contribution in [0.4, 0.5) is 0 Å². The SMILES string of the molecule is COc1ccc(Oc2ccc(S(C)(=O)=O)cc2)cc1CN1CCCC1. The van der Waals surface area contributed by atoms with Crippen molar-refractivity contribution in [2.75, 3.05) is 26.5 Å². The number of likely N-dealkylation sites (tertiary alicyclic amines) is 1. The molecule has 2 aromatic carbocycles. The predicted octanol–water partition coefficient (Wildman–Crippen LogP) is 3.49. The van der Waals surface area contributed by atoms with Crippen molar-refractivity contribution in [2.45, 2.75) is 24.3 Å². The normalized spacial score (nSPS) is 15.3. The van der Waals surface area contributed by atoms with Gasteiger partial charge in [-0.05, 0) is 68.4 Å². The van der Waals surface area contributed by atoms with Gasteiger partial charge in [0, 0.05) is 18.4 Å². The van der Waals surface area contributed by atoms with E-state index >= 15 is 0 Å². The van der Waals surface area contributed by atoms with E-state index in [1.807, 2.05) is 18.2 Å². The molecule has 0 atom stereocenters. The second-order valence-corrected chi connectivity index (χ2v) is 8.32. The third-order valence-electron chi connectivity index (χ3n) is 4.33. The van der Waals surface area contributed by atoms with E-state index in [0.29, 0.717) is 11.5 Å². The van der Waals surface area contributed by atoms with Crippen molar-refractivity contribution in [3.8, 4) is 17.2 Å². The van der Waals surface area contributed by atoms with Gasteiger partial charge < -0.3 is 9.47 Å². The lowest BCUT2D eigenvalue weighted by molar-refractivity contribution is 0.320. The summed E-state index contributed by atoms with van der Waals surface area (Å²) in [5, 5.41) is 0. The molecule has 25 heavy (non-hydrogen) atoms. The van der Waals surface area contributed by atoms with Crippen LogP contribution in [0, 0.1) is 0 Å². The molecule has 0 spiro atoms. The second-order valence-electron chi connectivity index (χ2n) is 6.30. The average Bonchev–Trinajstić information content (AvgIpc) is 3.08. The first kappa shape index (κ1) is 17.8. The van der Waals surface area contributed by atoms with Crippen molar-refractivity contribution in [2.24, 2.45) is 0 Å². The van der Waals surface area contributed by atoms with Gasteiger partial charge in [-0.3, -0.25) is 4.90 Å². The summed E-state index contributed by atoms with van der Waals surface area (Å²) in [6.07, 6.45) is 3.67. The fourth-order valence-corrected chi connectivity index (χ4v) is 3.65. The van der Waals surface area contributed by atoms with Crippen molar-refractivity contribution in [3.05, 3.63) is 48.0 Å². The predicted molar refractivity (Wildman–Crippen MR) is 97.1 cm³/mol. The summed E-state index contributed by atoms with van der Waals surface area (Å²) < 4.78 is 34.4. The average molecular weight is 361 g/mol. The molecule has 0 unspecified atom stereocenters. The first-order valence-corrected chi connectivity index (χ1v) is 10.2. The molecule has 0 radical (unpaired) electrons. The molecule has 1 heterocycles. The summed E-state index contributed by atoms with van der Waals surface area (Å²) in [5.74, 6) is 2.17. The molecule has 5 nitrogen and oxygen atoms in total. The van der Waals surface area contributed by atoms with Crippen molar-refractivity contribution in [1.82, 2.24) is 4.90 Å². The lowest BCUT2D eigenvalue weighted by Gasteiger charge is -2.18. The van der Waals surface area contributed by atoms with Gasteiger partial charge in [-0.15, -0.1) is 0 Å². The van der Waals surface area contributed by atoms with Crippen LogP contribution in [0.2, 0.25) is 0 Å². The highest BCUT2D eigenvalue weighted by molar-refractivity contribution is 7.90. The summed E-state index contributed by atoms with van der Waals surface area (Å²) in [4.78, 5) is 2.69. The molecule has 0 saturated carbocycles. The van der Waals surface area contributed by atoms with Gasteiger partial charge in [0.15, 0.2) is 9.84 Å². The summed E-state index contributed by atoms with van der Waals surface area (Å²) in [6.45, 7) is 3.07. The summed E-state index contributed by atoms with van der Waals surface area (Å²) in [7, 11) is -1.53. The Bertz CT molecular complexity index is 825. The van der Waals surface area contributed by atoms with Gasteiger partial charge in [0.1, 0.15) is 17.2 Å². The van der Waals surface area contributed by atoms with Gasteiger partial charge >= 0.3 is 0 Å². The van der Waals surface area contributed by atoms with Gasteiger partial charge in [0.25, 0.3) is 0 Å². The molecule has 1 saturated heterocycles. The molecule has 0 bridgehead atoms. The lowest BCUT2D eigenvalue weighted by atomic mass is 10.1. The van der Waals surface area contributed by atoms with Crippen LogP contribution >= 0.6 is 0 Å². The molecule has 1 fully saturated rings. The number of methoxy groups -OCH3 is 1. The third-order valence-corrected chi connectivity index (χ3v) is 5.46. The van der Waals surface area contributed by atoms with Gasteiger partial charge in [-0.2, -0.15) is 0 Å². The van der Waals surface area contributed by atoms with E-state index in [9.17, 15) is 8.42 Å². The Labute approximate surface area is 149 Å². The van der Waals surface area contributed by atoms with Crippen LogP contribution in [0.3, 0.4) is 0 Å². The van der Waals surface area contributed by atoms with Gasteiger partial charge in [0.2, 0.25) is 0 Å². The number of nitrogens with zero attached hydrogens (tertiary/aromatic N) is 1. The molecule has 0 aromatic heterocycles. The van der Waals surface area contributed by atoms with E-state index in [0.717, 1.165) is 30.9 Å². The first-order valence-electron chi connectivity index (χ1n) is 8.33. The molecule has 3 rings (SSSR count). The largest absolute Gasteiger partial charge is 0.496 e. The first-order chi connectivity index (χ1) is 12.0. The standard InChI is InChI=1S/C19H23NO4S/c1-23-19-10-7-17(13-15(19)14-20-11-3-4-12-20)24-16-5-8-18(9-6-16)25(2,21)22/h5-10,13H,3-4,11-12,14H2,1-2H3. The molecule has 1 aliphatic heterocycles. The van der Waals surface area contributed by atoms with Gasteiger partial charge in [0.05, 0.1) is 12.0 Å². The zero-order valence-electron chi connectivity index (χ0n) is 14.6. The van der Waals surface area contributed by atoms with E-state index in [1.165, 1.54) is 19.1 Å². The van der Waals surface area contributed by atoms with Gasteiger partial charge in [-0.25, -0.2) is 8.42 Å². The Morgan fingerprint density at radius 3 is 2.24 bits per heavy atom. The fourth-order valence-electron chi connectivity index (χ4n) is 3.01. The molecular formula is C19H23NO4S. The summed E-state index contributed by atoms with van der Waals surface area (Å²) >= 11 is 0. The number of rotatable bonds is 6. The molecule has 2 aromatic rings. The third kappa shape index (κ3) is 4.52. The Balaban J connectivity index is 1.77. The van der Waals surface area contributed by atoms with Crippen molar-refractivity contribution >= 4 is 9.84 Å². The Kier molecular flexibility index (Phi) is 5.30. The van der Waals surface area contributed by atoms with E-state index in [2.05, 4.69) is 4.90 Å². The molecule has 0 amide bonds. The molecular weight excluding hydrogens is 338 g/mol. The van der Waals surface area contributed by atoms with Crippen LogP contribution in [0.1, 0.15) is 18.4 Å². The minimum Gasteiger partial charge on any atom is -0.496 e. The van der Waals surface area contributed by atoms with Gasteiger partial charge in [-0.1, -0.05) is 0 Å². The van der Waals surface area contributed by atoms with E-state index < -0.39 is 9.84 Å². The minimum absolute atomic E-state index is 0.282. The van der Waals surface area contributed by atoms with Crippen LogP contribution in [0.25, 0.3) is 0 Å². The highest BCUT2D eigenvalue weighted by atomic mass is 32.2. The zero-order valence-corrected chi connectivity index (χ0v) is 15.4. The Morgan fingerprint density at radius 1 is 1.00 bits per heavy atom. The van der Waals surface area contributed by atoms with Crippen molar-refractivity contribution in [3.63, 3.8) is 0 Å². The van der Waals surface area contributed by atoms with E-state index in [4.69, 9.17) is 9.47 Å². The van der Waals surface area contributed by atoms with Crippen LogP contribution in [0.5, 0.6) is 17.2 Å². The maximum atomic E-state index is 11.5. The summed E-state index contributed by atoms with van der Waals surface area (Å²) in [5.41, 5.74) is 1.09. The van der Waals surface area contributed by atoms with Crippen LogP contribution in [0.15, 0.2) is 47.4 Å². The number of hydrogen-bond donors (Lipinski definition) is 0. The monoisotopic (exact) mass is 361 g/mol. The van der Waals surface area contributed by atoms with Crippen LogP contribution in [-0.4, -0.2) is 39.8 Å². The maximum Gasteiger partial charge on any atom is 0.175 e. The van der Waals surface area contributed by atoms with E-state index in [-0.39, 0.29) is 4.90 Å². The topological polar surface area (TPSA) is 55.8 Å². The van der Waals surface area contributed by atoms with Crippen LogP contribution in [-0.2, 0) is 16.4 Å². The number of benzene rings is 2. The maximum absolute atomic E-state index is 11.5. The number of hydrogen-bond acceptors (Lipinski definition) is 5. The number of sulfone groups is 1. The lowest BCUT2D eigenvalue weighted by Crippen LogP contribution is -2.18.